The Kier molecular flexibility index (Phi) is 3.79. The van der Waals surface area contributed by atoms with Gasteiger partial charge in [0.15, 0.2) is 5.76 Å². The van der Waals surface area contributed by atoms with E-state index in [9.17, 15) is 0 Å². The van der Waals surface area contributed by atoms with Gasteiger partial charge in [-0.1, -0.05) is 22.0 Å². The number of pyridine rings is 1. The van der Waals surface area contributed by atoms with Crippen LogP contribution in [0.15, 0.2) is 75.1 Å². The van der Waals surface area contributed by atoms with Gasteiger partial charge in [0.1, 0.15) is 12.0 Å². The molecular weight excluding hydrogens is 404 g/mol. The van der Waals surface area contributed by atoms with Crippen LogP contribution in [0, 0.1) is 6.92 Å². The summed E-state index contributed by atoms with van der Waals surface area (Å²) in [4.78, 5) is 14.1. The van der Waals surface area contributed by atoms with Crippen LogP contribution in [0.25, 0.3) is 17.1 Å². The summed E-state index contributed by atoms with van der Waals surface area (Å²) < 4.78 is 8.78. The molecule has 1 aliphatic heterocycles. The van der Waals surface area contributed by atoms with Crippen LogP contribution in [0.5, 0.6) is 0 Å². The lowest BCUT2D eigenvalue weighted by Gasteiger charge is -2.11. The number of furan rings is 1. The first-order valence-corrected chi connectivity index (χ1v) is 9.38. The normalized spacial score (nSPS) is 12.9. The lowest BCUT2D eigenvalue weighted by atomic mass is 10.0. The average Bonchev–Trinajstić information content (AvgIpc) is 3.25. The van der Waals surface area contributed by atoms with Crippen LogP contribution in [-0.4, -0.2) is 20.2 Å². The maximum atomic E-state index is 5.69. The van der Waals surface area contributed by atoms with Crippen LogP contribution in [0.2, 0.25) is 0 Å². The summed E-state index contributed by atoms with van der Waals surface area (Å²) in [7, 11) is 0. The highest BCUT2D eigenvalue weighted by molar-refractivity contribution is 9.10. The average molecular weight is 419 g/mol. The molecule has 0 spiro atoms. The van der Waals surface area contributed by atoms with Gasteiger partial charge in [0, 0.05) is 16.2 Å². The lowest BCUT2D eigenvalue weighted by Crippen LogP contribution is -2.08. The van der Waals surface area contributed by atoms with E-state index in [1.54, 1.807) is 12.5 Å². The number of imidazole rings is 1. The summed E-state index contributed by atoms with van der Waals surface area (Å²) in [6.07, 6.45) is 5.33. The molecule has 0 bridgehead atoms. The summed E-state index contributed by atoms with van der Waals surface area (Å²) in [6.45, 7) is 2.52. The Morgan fingerprint density at radius 3 is 2.81 bits per heavy atom. The summed E-state index contributed by atoms with van der Waals surface area (Å²) in [5.74, 6) is 0.791. The van der Waals surface area contributed by atoms with Crippen LogP contribution < -0.4 is 0 Å². The number of nitrogens with zero attached hydrogens (tertiary/aromatic N) is 4. The number of halogens is 1. The predicted molar refractivity (Wildman–Crippen MR) is 107 cm³/mol. The quantitative estimate of drug-likeness (QED) is 0.462. The Morgan fingerprint density at radius 2 is 2.04 bits per heavy atom. The Morgan fingerprint density at radius 1 is 1.11 bits per heavy atom. The Labute approximate surface area is 164 Å². The fraction of sp³-hybridized carbons (Fsp3) is 0.0952. The van der Waals surface area contributed by atoms with E-state index < -0.39 is 0 Å². The smallest absolute Gasteiger partial charge is 0.157 e. The van der Waals surface area contributed by atoms with E-state index in [0.29, 0.717) is 6.54 Å². The van der Waals surface area contributed by atoms with Gasteiger partial charge in [0.2, 0.25) is 0 Å². The van der Waals surface area contributed by atoms with Gasteiger partial charge >= 0.3 is 0 Å². The van der Waals surface area contributed by atoms with E-state index in [4.69, 9.17) is 9.41 Å². The van der Waals surface area contributed by atoms with Crippen molar-refractivity contribution in [3.05, 3.63) is 88.2 Å². The first-order valence-electron chi connectivity index (χ1n) is 8.59. The van der Waals surface area contributed by atoms with Crippen LogP contribution >= 0.6 is 15.9 Å². The molecule has 0 aliphatic carbocycles. The number of rotatable bonds is 2. The summed E-state index contributed by atoms with van der Waals surface area (Å²) in [5.41, 5.74) is 6.66. The first-order chi connectivity index (χ1) is 13.2. The molecular formula is C21H15BrN4O. The van der Waals surface area contributed by atoms with Crippen molar-refractivity contribution >= 4 is 21.6 Å². The van der Waals surface area contributed by atoms with Crippen LogP contribution in [-0.2, 0) is 6.54 Å². The minimum Gasteiger partial charge on any atom is -0.462 e. The SMILES string of the molecule is Cc1ccoc1-c1ncn2c1CN=C(c1ccccn1)c1cc(Br)ccc1-2. The monoisotopic (exact) mass is 418 g/mol. The standard InChI is InChI=1S/C21H15BrN4O/c1-13-7-9-27-21(13)20-18-11-24-19(16-4-2-3-8-23-16)15-10-14(22)5-6-17(15)26(18)12-25-20/h2-10,12H,11H2,1H3. The zero-order chi connectivity index (χ0) is 18.4. The Balaban J connectivity index is 1.76. The molecule has 0 fully saturated rings. The van der Waals surface area contributed by atoms with Gasteiger partial charge in [-0.3, -0.25) is 14.5 Å². The molecule has 0 unspecified atom stereocenters. The van der Waals surface area contributed by atoms with Crippen LogP contribution in [0.3, 0.4) is 0 Å². The Hall–Kier alpha value is -2.99. The third-order valence-electron chi connectivity index (χ3n) is 4.71. The van der Waals surface area contributed by atoms with E-state index in [-0.39, 0.29) is 0 Å². The van der Waals surface area contributed by atoms with Gasteiger partial charge in [0.05, 0.1) is 35.6 Å². The van der Waals surface area contributed by atoms with Gasteiger partial charge in [0.25, 0.3) is 0 Å². The van der Waals surface area contributed by atoms with Crippen LogP contribution in [0.1, 0.15) is 22.5 Å². The second-order valence-electron chi connectivity index (χ2n) is 6.38. The van der Waals surface area contributed by atoms with Crippen molar-refractivity contribution in [2.75, 3.05) is 0 Å². The highest BCUT2D eigenvalue weighted by Gasteiger charge is 2.24. The molecule has 27 heavy (non-hydrogen) atoms. The second-order valence-corrected chi connectivity index (χ2v) is 7.30. The van der Waals surface area contributed by atoms with Crippen molar-refractivity contribution < 1.29 is 4.42 Å². The van der Waals surface area contributed by atoms with E-state index in [1.807, 2.05) is 43.6 Å². The van der Waals surface area contributed by atoms with Crippen molar-refractivity contribution in [2.45, 2.75) is 13.5 Å². The van der Waals surface area contributed by atoms with Gasteiger partial charge < -0.3 is 4.42 Å². The molecule has 0 saturated heterocycles. The fourth-order valence-corrected chi connectivity index (χ4v) is 3.77. The minimum absolute atomic E-state index is 0.494. The second kappa shape index (κ2) is 6.32. The van der Waals surface area contributed by atoms with Gasteiger partial charge in [-0.15, -0.1) is 0 Å². The number of aliphatic imine (C=N–C) groups is 1. The summed E-state index contributed by atoms with van der Waals surface area (Å²) >= 11 is 3.59. The molecule has 4 aromatic rings. The molecule has 0 saturated carbocycles. The van der Waals surface area contributed by atoms with Crippen molar-refractivity contribution in [3.63, 3.8) is 0 Å². The van der Waals surface area contributed by atoms with Gasteiger partial charge in [-0.05, 0) is 48.9 Å². The summed E-state index contributed by atoms with van der Waals surface area (Å²) in [6, 6.07) is 14.0. The topological polar surface area (TPSA) is 56.2 Å². The maximum absolute atomic E-state index is 5.69. The largest absolute Gasteiger partial charge is 0.462 e. The predicted octanol–water partition coefficient (Wildman–Crippen LogP) is 4.95. The number of hydrogen-bond acceptors (Lipinski definition) is 4. The minimum atomic E-state index is 0.494. The zero-order valence-corrected chi connectivity index (χ0v) is 16.1. The number of fused-ring (bicyclic) bond motifs is 3. The van der Waals surface area contributed by atoms with Crippen molar-refractivity contribution in [2.24, 2.45) is 4.99 Å². The lowest BCUT2D eigenvalue weighted by molar-refractivity contribution is 0.578. The number of benzene rings is 1. The van der Waals surface area contributed by atoms with E-state index in [1.165, 1.54) is 0 Å². The van der Waals surface area contributed by atoms with Gasteiger partial charge in [-0.25, -0.2) is 4.98 Å². The highest BCUT2D eigenvalue weighted by Crippen LogP contribution is 2.33. The van der Waals surface area contributed by atoms with Crippen LogP contribution in [0.4, 0.5) is 0 Å². The molecule has 1 aromatic carbocycles. The molecule has 1 aliphatic rings. The molecule has 5 nitrogen and oxygen atoms in total. The molecule has 6 heteroatoms. The molecule has 0 atom stereocenters. The van der Waals surface area contributed by atoms with Crippen molar-refractivity contribution in [1.29, 1.82) is 0 Å². The van der Waals surface area contributed by atoms with E-state index >= 15 is 0 Å². The molecule has 132 valence electrons. The molecule has 0 radical (unpaired) electrons. The van der Waals surface area contributed by atoms with Crippen molar-refractivity contribution in [1.82, 2.24) is 14.5 Å². The van der Waals surface area contributed by atoms with E-state index in [2.05, 4.69) is 42.6 Å². The number of aromatic nitrogens is 3. The molecule has 3 aromatic heterocycles. The number of hydrogen-bond donors (Lipinski definition) is 0. The molecule has 0 amide bonds. The van der Waals surface area contributed by atoms with Crippen molar-refractivity contribution in [3.8, 4) is 17.1 Å². The molecule has 0 N–H and O–H groups in total. The fourth-order valence-electron chi connectivity index (χ4n) is 3.41. The third-order valence-corrected chi connectivity index (χ3v) is 5.20. The number of aryl methyl sites for hydroxylation is 1. The third kappa shape index (κ3) is 2.64. The zero-order valence-electron chi connectivity index (χ0n) is 14.6. The highest BCUT2D eigenvalue weighted by atomic mass is 79.9. The summed E-state index contributed by atoms with van der Waals surface area (Å²) in [5, 5.41) is 0. The van der Waals surface area contributed by atoms with E-state index in [0.717, 1.165) is 49.8 Å². The Bertz CT molecular complexity index is 1170. The molecule has 5 rings (SSSR count). The molecule has 4 heterocycles. The maximum Gasteiger partial charge on any atom is 0.157 e. The van der Waals surface area contributed by atoms with Gasteiger partial charge in [-0.2, -0.15) is 0 Å². The first kappa shape index (κ1) is 16.2.